The topological polar surface area (TPSA) is 8.17 Å². The molecule has 67 heavy (non-hydrogen) atoms. The Morgan fingerprint density at radius 1 is 0.269 bits per heavy atom. The van der Waals surface area contributed by atoms with Crippen LogP contribution in [0.15, 0.2) is 255 Å². The van der Waals surface area contributed by atoms with Gasteiger partial charge in [-0.15, -0.1) is 11.3 Å². The van der Waals surface area contributed by atoms with Crippen molar-refractivity contribution in [1.29, 1.82) is 0 Å². The maximum Gasteiger partial charge on any atom is 0.0541 e. The Balaban J connectivity index is 0.831. The summed E-state index contributed by atoms with van der Waals surface area (Å²) < 4.78 is 4.99. The molecule has 0 saturated carbocycles. The molecule has 13 aromatic rings. The van der Waals surface area contributed by atoms with E-state index in [4.69, 9.17) is 0 Å². The van der Waals surface area contributed by atoms with Crippen LogP contribution in [0.2, 0.25) is 0 Å². The van der Waals surface area contributed by atoms with Crippen LogP contribution in [0.25, 0.3) is 103 Å². The van der Waals surface area contributed by atoms with E-state index in [1.54, 1.807) is 0 Å². The zero-order valence-electron chi connectivity index (χ0n) is 36.6. The van der Waals surface area contributed by atoms with Crippen LogP contribution in [0.4, 0.5) is 17.1 Å². The number of nitrogens with zero attached hydrogens (tertiary/aromatic N) is 2. The molecule has 314 valence electrons. The summed E-state index contributed by atoms with van der Waals surface area (Å²) >= 11 is 1.85. The van der Waals surface area contributed by atoms with Crippen molar-refractivity contribution in [3.63, 3.8) is 0 Å². The molecule has 0 N–H and O–H groups in total. The highest BCUT2D eigenvalue weighted by molar-refractivity contribution is 7.25. The first-order chi connectivity index (χ1) is 33.2. The van der Waals surface area contributed by atoms with Crippen molar-refractivity contribution in [2.45, 2.75) is 0 Å². The van der Waals surface area contributed by atoms with E-state index in [0.29, 0.717) is 0 Å². The molecule has 0 atom stereocenters. The third-order valence-corrected chi connectivity index (χ3v) is 14.5. The first kappa shape index (κ1) is 38.9. The molecule has 2 nitrogen and oxygen atoms in total. The number of rotatable bonds is 8. The summed E-state index contributed by atoms with van der Waals surface area (Å²) in [5.74, 6) is 0. The van der Waals surface area contributed by atoms with E-state index in [1.165, 1.54) is 97.3 Å². The fourth-order valence-corrected chi connectivity index (χ4v) is 11.1. The predicted molar refractivity (Wildman–Crippen MR) is 288 cm³/mol. The molecule has 0 radical (unpaired) electrons. The zero-order chi connectivity index (χ0) is 44.3. The molecular weight excluding hydrogens is 829 g/mol. The summed E-state index contributed by atoms with van der Waals surface area (Å²) in [6.45, 7) is 0. The summed E-state index contributed by atoms with van der Waals surface area (Å²) in [5.41, 5.74) is 16.5. The predicted octanol–water partition coefficient (Wildman–Crippen LogP) is 18.4. The minimum atomic E-state index is 1.10. The number of fused-ring (bicyclic) bond motifs is 7. The van der Waals surface area contributed by atoms with E-state index >= 15 is 0 Å². The van der Waals surface area contributed by atoms with Crippen molar-refractivity contribution in [1.82, 2.24) is 4.57 Å². The van der Waals surface area contributed by atoms with Crippen LogP contribution in [-0.2, 0) is 0 Å². The van der Waals surface area contributed by atoms with Gasteiger partial charge in [0.25, 0.3) is 0 Å². The highest BCUT2D eigenvalue weighted by Gasteiger charge is 2.17. The monoisotopic (exact) mass is 870 g/mol. The van der Waals surface area contributed by atoms with Crippen LogP contribution < -0.4 is 4.90 Å². The Kier molecular flexibility index (Phi) is 9.40. The Morgan fingerprint density at radius 2 is 0.731 bits per heavy atom. The van der Waals surface area contributed by atoms with Crippen LogP contribution in [0, 0.1) is 0 Å². The van der Waals surface area contributed by atoms with Crippen LogP contribution >= 0.6 is 11.3 Å². The van der Waals surface area contributed by atoms with Gasteiger partial charge in [0.1, 0.15) is 0 Å². The normalized spacial score (nSPS) is 11.6. The van der Waals surface area contributed by atoms with Gasteiger partial charge in [-0.2, -0.15) is 0 Å². The van der Waals surface area contributed by atoms with Gasteiger partial charge in [0, 0.05) is 53.7 Å². The van der Waals surface area contributed by atoms with Crippen molar-refractivity contribution in [3.8, 4) is 50.2 Å². The SMILES string of the molecule is c1cc(-c2ccc(-c3ccc(N(c4ccc(-c5cccc(-n6c7ccccc7c7ccccc76)c5)cc4)c4ccc5sc6ccccc6c5c4)cc3)cc2)cc(-c2ccc3ccccc3c2)c1. The van der Waals surface area contributed by atoms with Gasteiger partial charge in [-0.25, -0.2) is 0 Å². The zero-order valence-corrected chi connectivity index (χ0v) is 37.4. The fraction of sp³-hybridized carbons (Fsp3) is 0. The molecule has 3 heteroatoms. The summed E-state index contributed by atoms with van der Waals surface area (Å²) in [7, 11) is 0. The lowest BCUT2D eigenvalue weighted by atomic mass is 9.96. The van der Waals surface area contributed by atoms with E-state index in [0.717, 1.165) is 22.7 Å². The van der Waals surface area contributed by atoms with E-state index in [9.17, 15) is 0 Å². The number of anilines is 3. The second-order valence-electron chi connectivity index (χ2n) is 17.3. The molecule has 0 amide bonds. The third kappa shape index (κ3) is 6.96. The second kappa shape index (κ2) is 16.2. The number of hydrogen-bond donors (Lipinski definition) is 0. The standard InChI is InChI=1S/C64H42N2S/c1-2-12-48-40-52(28-27-43(48)11-1)50-14-9-13-49(39-50)46-25-23-44(24-26-46)45-29-33-53(34-30-45)65(56-37-38-64-60(42-56)59-19-5-8-22-63(59)67-64)54-35-31-47(32-36-54)51-15-10-16-55(41-51)66-61-20-6-3-17-57(61)58-18-4-7-21-62(58)66/h1-42H. The molecule has 0 saturated heterocycles. The van der Waals surface area contributed by atoms with E-state index in [-0.39, 0.29) is 0 Å². The smallest absolute Gasteiger partial charge is 0.0541 e. The van der Waals surface area contributed by atoms with Crippen LogP contribution in [0.1, 0.15) is 0 Å². The van der Waals surface area contributed by atoms with Crippen molar-refractivity contribution in [2.24, 2.45) is 0 Å². The highest BCUT2D eigenvalue weighted by Crippen LogP contribution is 2.42. The number of para-hydroxylation sites is 2. The van der Waals surface area contributed by atoms with Crippen LogP contribution in [0.3, 0.4) is 0 Å². The van der Waals surface area contributed by atoms with Crippen LogP contribution in [-0.4, -0.2) is 4.57 Å². The van der Waals surface area contributed by atoms with Gasteiger partial charge < -0.3 is 9.47 Å². The first-order valence-electron chi connectivity index (χ1n) is 22.9. The molecule has 0 aliphatic rings. The summed E-state index contributed by atoms with van der Waals surface area (Å²) in [4.78, 5) is 2.39. The Labute approximate surface area is 393 Å². The maximum absolute atomic E-state index is 2.39. The van der Waals surface area contributed by atoms with Gasteiger partial charge in [0.2, 0.25) is 0 Å². The lowest BCUT2D eigenvalue weighted by Gasteiger charge is -2.26. The minimum absolute atomic E-state index is 1.10. The average molecular weight is 871 g/mol. The van der Waals surface area contributed by atoms with Gasteiger partial charge in [-0.05, 0) is 140 Å². The Morgan fingerprint density at radius 3 is 1.40 bits per heavy atom. The summed E-state index contributed by atoms with van der Waals surface area (Å²) in [6, 6.07) is 93.2. The van der Waals surface area contributed by atoms with Gasteiger partial charge in [-0.1, -0.05) is 170 Å². The van der Waals surface area contributed by atoms with Crippen LogP contribution in [0.5, 0.6) is 0 Å². The quantitative estimate of drug-likeness (QED) is 0.148. The lowest BCUT2D eigenvalue weighted by molar-refractivity contribution is 1.18. The summed E-state index contributed by atoms with van der Waals surface area (Å²) in [6.07, 6.45) is 0. The van der Waals surface area contributed by atoms with Crippen molar-refractivity contribution >= 4 is 81.1 Å². The molecule has 0 fully saturated rings. The number of thiophene rings is 1. The minimum Gasteiger partial charge on any atom is -0.310 e. The van der Waals surface area contributed by atoms with Gasteiger partial charge >= 0.3 is 0 Å². The van der Waals surface area contributed by atoms with E-state index in [1.807, 2.05) is 11.3 Å². The number of hydrogen-bond acceptors (Lipinski definition) is 2. The average Bonchev–Trinajstić information content (AvgIpc) is 3.95. The number of benzene rings is 11. The third-order valence-electron chi connectivity index (χ3n) is 13.4. The molecule has 0 bridgehead atoms. The van der Waals surface area contributed by atoms with E-state index in [2.05, 4.69) is 264 Å². The molecule has 13 rings (SSSR count). The highest BCUT2D eigenvalue weighted by atomic mass is 32.1. The number of aromatic nitrogens is 1. The second-order valence-corrected chi connectivity index (χ2v) is 18.4. The largest absolute Gasteiger partial charge is 0.310 e. The maximum atomic E-state index is 2.39. The van der Waals surface area contributed by atoms with Gasteiger partial charge in [0.15, 0.2) is 0 Å². The fourth-order valence-electron chi connectivity index (χ4n) is 10.0. The molecule has 11 aromatic carbocycles. The van der Waals surface area contributed by atoms with E-state index < -0.39 is 0 Å². The van der Waals surface area contributed by atoms with Crippen molar-refractivity contribution in [3.05, 3.63) is 255 Å². The van der Waals surface area contributed by atoms with Crippen molar-refractivity contribution < 1.29 is 0 Å². The molecule has 0 unspecified atom stereocenters. The lowest BCUT2D eigenvalue weighted by Crippen LogP contribution is -2.09. The molecule has 2 heterocycles. The molecule has 0 spiro atoms. The molecule has 0 aliphatic carbocycles. The van der Waals surface area contributed by atoms with Gasteiger partial charge in [0.05, 0.1) is 11.0 Å². The Hall–Kier alpha value is -8.50. The molecule has 0 aliphatic heterocycles. The molecule has 2 aromatic heterocycles. The molecular formula is C64H42N2S. The Bertz CT molecular complexity index is 3920. The first-order valence-corrected chi connectivity index (χ1v) is 23.7. The van der Waals surface area contributed by atoms with Crippen molar-refractivity contribution in [2.75, 3.05) is 4.90 Å². The van der Waals surface area contributed by atoms with Gasteiger partial charge in [-0.3, -0.25) is 0 Å². The summed E-state index contributed by atoms with van der Waals surface area (Å²) in [5, 5.41) is 7.62.